The van der Waals surface area contributed by atoms with E-state index in [1.165, 1.54) is 18.4 Å². The molecule has 2 nitrogen and oxygen atoms in total. The molecule has 1 aromatic carbocycles. The summed E-state index contributed by atoms with van der Waals surface area (Å²) in [5, 5.41) is 0.366. The lowest BCUT2D eigenvalue weighted by Gasteiger charge is -2.11. The lowest BCUT2D eigenvalue weighted by atomic mass is 9.95. The summed E-state index contributed by atoms with van der Waals surface area (Å²) in [5.41, 5.74) is 10.3. The van der Waals surface area contributed by atoms with E-state index in [1.54, 1.807) is 6.20 Å². The number of anilines is 1. The van der Waals surface area contributed by atoms with Crippen LogP contribution >= 0.6 is 11.6 Å². The van der Waals surface area contributed by atoms with Gasteiger partial charge in [-0.2, -0.15) is 0 Å². The van der Waals surface area contributed by atoms with Gasteiger partial charge in [-0.15, -0.1) is 0 Å². The second-order valence-electron chi connectivity index (χ2n) is 5.20. The molecule has 2 N–H and O–H groups in total. The Morgan fingerprint density at radius 3 is 2.44 bits per heavy atom. The van der Waals surface area contributed by atoms with Crippen LogP contribution in [-0.4, -0.2) is 4.98 Å². The SMILES string of the molecule is CC1(c2ccc(-c3ccnc(Cl)c3N)cc2)CC1. The molecule has 0 spiro atoms. The average molecular weight is 259 g/mol. The molecule has 0 aliphatic heterocycles. The third-order valence-corrected chi connectivity index (χ3v) is 4.14. The Morgan fingerprint density at radius 1 is 1.17 bits per heavy atom. The molecule has 1 saturated carbocycles. The van der Waals surface area contributed by atoms with Crippen LogP contribution in [0.3, 0.4) is 0 Å². The third kappa shape index (κ3) is 1.87. The van der Waals surface area contributed by atoms with Crippen LogP contribution in [0.15, 0.2) is 36.5 Å². The zero-order valence-corrected chi connectivity index (χ0v) is 11.0. The fourth-order valence-corrected chi connectivity index (χ4v) is 2.39. The van der Waals surface area contributed by atoms with E-state index in [1.807, 2.05) is 6.07 Å². The van der Waals surface area contributed by atoms with Crippen molar-refractivity contribution in [3.05, 3.63) is 47.2 Å². The van der Waals surface area contributed by atoms with E-state index in [0.717, 1.165) is 11.1 Å². The Balaban J connectivity index is 2.00. The van der Waals surface area contributed by atoms with Crippen molar-refractivity contribution in [2.75, 3.05) is 5.73 Å². The van der Waals surface area contributed by atoms with Gasteiger partial charge in [-0.25, -0.2) is 4.98 Å². The topological polar surface area (TPSA) is 38.9 Å². The molecule has 1 heterocycles. The molecule has 0 bridgehead atoms. The highest BCUT2D eigenvalue weighted by atomic mass is 35.5. The number of rotatable bonds is 2. The molecule has 1 aliphatic rings. The van der Waals surface area contributed by atoms with Gasteiger partial charge < -0.3 is 5.73 Å². The van der Waals surface area contributed by atoms with Crippen LogP contribution in [-0.2, 0) is 5.41 Å². The number of aromatic nitrogens is 1. The minimum absolute atomic E-state index is 0.366. The minimum atomic E-state index is 0.366. The van der Waals surface area contributed by atoms with Crippen molar-refractivity contribution in [2.24, 2.45) is 0 Å². The standard InChI is InChI=1S/C15H15ClN2/c1-15(7-8-15)11-4-2-10(3-5-11)12-6-9-18-14(16)13(12)17/h2-6,9H,7-8,17H2,1H3. The Hall–Kier alpha value is -1.54. The van der Waals surface area contributed by atoms with Crippen molar-refractivity contribution < 1.29 is 0 Å². The second-order valence-corrected chi connectivity index (χ2v) is 5.56. The van der Waals surface area contributed by atoms with Gasteiger partial charge >= 0.3 is 0 Å². The zero-order chi connectivity index (χ0) is 12.8. The summed E-state index contributed by atoms with van der Waals surface area (Å²) < 4.78 is 0. The molecule has 18 heavy (non-hydrogen) atoms. The Kier molecular flexibility index (Phi) is 2.56. The summed E-state index contributed by atoms with van der Waals surface area (Å²) in [6.45, 7) is 2.31. The van der Waals surface area contributed by atoms with Crippen LogP contribution in [0.5, 0.6) is 0 Å². The molecular formula is C15H15ClN2. The van der Waals surface area contributed by atoms with E-state index < -0.39 is 0 Å². The van der Waals surface area contributed by atoms with Gasteiger partial charge in [0, 0.05) is 11.8 Å². The first-order chi connectivity index (χ1) is 8.60. The molecule has 92 valence electrons. The Labute approximate surface area is 112 Å². The fraction of sp³-hybridized carbons (Fsp3) is 0.267. The van der Waals surface area contributed by atoms with Gasteiger partial charge in [0.25, 0.3) is 0 Å². The fourth-order valence-electron chi connectivity index (χ4n) is 2.23. The highest BCUT2D eigenvalue weighted by Gasteiger charge is 2.38. The first-order valence-corrected chi connectivity index (χ1v) is 6.49. The molecule has 1 aromatic heterocycles. The summed E-state index contributed by atoms with van der Waals surface area (Å²) >= 11 is 5.94. The monoisotopic (exact) mass is 258 g/mol. The van der Waals surface area contributed by atoms with Crippen molar-refractivity contribution in [1.29, 1.82) is 0 Å². The first kappa shape index (κ1) is 11.5. The summed E-state index contributed by atoms with van der Waals surface area (Å²) in [6.07, 6.45) is 4.26. The highest BCUT2D eigenvalue weighted by Crippen LogP contribution is 2.47. The molecule has 0 radical (unpaired) electrons. The van der Waals surface area contributed by atoms with Crippen LogP contribution < -0.4 is 5.73 Å². The predicted octanol–water partition coefficient (Wildman–Crippen LogP) is 4.04. The largest absolute Gasteiger partial charge is 0.396 e. The van der Waals surface area contributed by atoms with Gasteiger partial charge in [0.15, 0.2) is 5.15 Å². The van der Waals surface area contributed by atoms with Gasteiger partial charge in [0.1, 0.15) is 0 Å². The second kappa shape index (κ2) is 3.99. The van der Waals surface area contributed by atoms with E-state index in [2.05, 4.69) is 36.2 Å². The molecular weight excluding hydrogens is 244 g/mol. The molecule has 0 saturated heterocycles. The normalized spacial score (nSPS) is 16.6. The smallest absolute Gasteiger partial charge is 0.152 e. The lowest BCUT2D eigenvalue weighted by molar-refractivity contribution is 0.788. The van der Waals surface area contributed by atoms with Crippen LogP contribution in [0.25, 0.3) is 11.1 Å². The molecule has 3 rings (SSSR count). The number of nitrogens with two attached hydrogens (primary N) is 1. The van der Waals surface area contributed by atoms with Crippen molar-refractivity contribution >= 4 is 17.3 Å². The molecule has 0 amide bonds. The maximum Gasteiger partial charge on any atom is 0.152 e. The Morgan fingerprint density at radius 2 is 1.83 bits per heavy atom. The van der Waals surface area contributed by atoms with Gasteiger partial charge in [0.2, 0.25) is 0 Å². The van der Waals surface area contributed by atoms with Crippen molar-refractivity contribution in [1.82, 2.24) is 4.98 Å². The predicted molar refractivity (Wildman–Crippen MR) is 75.7 cm³/mol. The number of benzene rings is 1. The minimum Gasteiger partial charge on any atom is -0.396 e. The van der Waals surface area contributed by atoms with Crippen LogP contribution in [0, 0.1) is 0 Å². The maximum atomic E-state index is 5.96. The van der Waals surface area contributed by atoms with Gasteiger partial charge in [-0.05, 0) is 35.4 Å². The molecule has 0 unspecified atom stereocenters. The summed E-state index contributed by atoms with van der Waals surface area (Å²) in [6, 6.07) is 10.5. The average Bonchev–Trinajstić information content (AvgIpc) is 3.13. The van der Waals surface area contributed by atoms with Crippen molar-refractivity contribution in [3.63, 3.8) is 0 Å². The van der Waals surface area contributed by atoms with Crippen LogP contribution in [0.4, 0.5) is 5.69 Å². The number of nitrogens with zero attached hydrogens (tertiary/aromatic N) is 1. The number of pyridine rings is 1. The number of nitrogen functional groups attached to an aromatic ring is 1. The number of hydrogen-bond donors (Lipinski definition) is 1. The molecule has 0 atom stereocenters. The summed E-state index contributed by atoms with van der Waals surface area (Å²) in [4.78, 5) is 3.97. The molecule has 1 fully saturated rings. The first-order valence-electron chi connectivity index (χ1n) is 6.11. The highest BCUT2D eigenvalue weighted by molar-refractivity contribution is 6.32. The molecule has 1 aliphatic carbocycles. The van der Waals surface area contributed by atoms with Crippen molar-refractivity contribution in [2.45, 2.75) is 25.2 Å². The van der Waals surface area contributed by atoms with E-state index >= 15 is 0 Å². The van der Waals surface area contributed by atoms with Crippen molar-refractivity contribution in [3.8, 4) is 11.1 Å². The van der Waals surface area contributed by atoms with Crippen LogP contribution in [0.1, 0.15) is 25.3 Å². The van der Waals surface area contributed by atoms with Gasteiger partial charge in [-0.1, -0.05) is 42.8 Å². The van der Waals surface area contributed by atoms with E-state index in [9.17, 15) is 0 Å². The van der Waals surface area contributed by atoms with Gasteiger partial charge in [-0.3, -0.25) is 0 Å². The van der Waals surface area contributed by atoms with E-state index in [4.69, 9.17) is 17.3 Å². The van der Waals surface area contributed by atoms with Gasteiger partial charge in [0.05, 0.1) is 5.69 Å². The quantitative estimate of drug-likeness (QED) is 0.826. The summed E-state index contributed by atoms with van der Waals surface area (Å²) in [5.74, 6) is 0. The number of halogens is 1. The number of hydrogen-bond acceptors (Lipinski definition) is 2. The molecule has 2 aromatic rings. The van der Waals surface area contributed by atoms with E-state index in [-0.39, 0.29) is 0 Å². The third-order valence-electron chi connectivity index (χ3n) is 3.83. The van der Waals surface area contributed by atoms with E-state index in [0.29, 0.717) is 16.3 Å². The summed E-state index contributed by atoms with van der Waals surface area (Å²) in [7, 11) is 0. The van der Waals surface area contributed by atoms with Crippen LogP contribution in [0.2, 0.25) is 5.15 Å². The molecule has 3 heteroatoms. The lowest BCUT2D eigenvalue weighted by Crippen LogP contribution is -1.99. The Bertz CT molecular complexity index is 586. The zero-order valence-electron chi connectivity index (χ0n) is 10.3. The maximum absolute atomic E-state index is 5.96.